The van der Waals surface area contributed by atoms with Gasteiger partial charge in [-0.3, -0.25) is 0 Å². The van der Waals surface area contributed by atoms with E-state index in [9.17, 15) is 0 Å². The number of aromatic nitrogens is 1. The molecule has 1 aliphatic heterocycles. The minimum Gasteiger partial charge on any atom is -0.359 e. The summed E-state index contributed by atoms with van der Waals surface area (Å²) in [6.45, 7) is 2.94. The van der Waals surface area contributed by atoms with Gasteiger partial charge in [-0.15, -0.1) is 11.3 Å². The van der Waals surface area contributed by atoms with Crippen molar-refractivity contribution in [3.63, 3.8) is 0 Å². The second-order valence-corrected chi connectivity index (χ2v) is 5.17. The highest BCUT2D eigenvalue weighted by molar-refractivity contribution is 7.15. The van der Waals surface area contributed by atoms with Crippen LogP contribution in [0.15, 0.2) is 6.20 Å². The number of anilines is 1. The second-order valence-electron chi connectivity index (χ2n) is 4.06. The number of nitrogens with two attached hydrogens (primary N) is 1. The highest BCUT2D eigenvalue weighted by Crippen LogP contribution is 2.21. The molecular weight excluding hydrogens is 208 g/mol. The fourth-order valence-corrected chi connectivity index (χ4v) is 2.56. The van der Waals surface area contributed by atoms with Gasteiger partial charge in [-0.2, -0.15) is 0 Å². The number of thiazole rings is 1. The van der Waals surface area contributed by atoms with Crippen LogP contribution in [0.2, 0.25) is 0 Å². The van der Waals surface area contributed by atoms with Crippen molar-refractivity contribution < 1.29 is 0 Å². The van der Waals surface area contributed by atoms with Crippen molar-refractivity contribution in [2.75, 3.05) is 25.5 Å². The lowest BCUT2D eigenvalue weighted by atomic mass is 10.1. The number of hydrogen-bond acceptors (Lipinski definition) is 5. The first-order valence-corrected chi connectivity index (χ1v) is 6.19. The van der Waals surface area contributed by atoms with Gasteiger partial charge in [0.2, 0.25) is 0 Å². The molecule has 1 aromatic heterocycles. The number of likely N-dealkylation sites (tertiary alicyclic amines) is 1. The summed E-state index contributed by atoms with van der Waals surface area (Å²) in [6.07, 6.45) is 4.27. The molecule has 0 atom stereocenters. The Labute approximate surface area is 94.5 Å². The van der Waals surface area contributed by atoms with Gasteiger partial charge >= 0.3 is 0 Å². The van der Waals surface area contributed by atoms with E-state index in [-0.39, 0.29) is 0 Å². The molecule has 2 heterocycles. The molecule has 0 unspecified atom stereocenters. The van der Waals surface area contributed by atoms with Gasteiger partial charge in [-0.25, -0.2) is 4.98 Å². The topological polar surface area (TPSA) is 54.2 Å². The average molecular weight is 226 g/mol. The molecule has 0 spiro atoms. The minimum atomic E-state index is 0.581. The molecule has 0 saturated carbocycles. The van der Waals surface area contributed by atoms with E-state index < -0.39 is 0 Å². The van der Waals surface area contributed by atoms with Crippen molar-refractivity contribution in [2.45, 2.75) is 25.4 Å². The van der Waals surface area contributed by atoms with Gasteiger partial charge in [0.05, 0.1) is 0 Å². The van der Waals surface area contributed by atoms with Gasteiger partial charge in [-0.1, -0.05) is 0 Å². The molecule has 1 fully saturated rings. The van der Waals surface area contributed by atoms with Crippen molar-refractivity contribution >= 4 is 16.5 Å². The van der Waals surface area contributed by atoms with Gasteiger partial charge in [0.1, 0.15) is 0 Å². The SMILES string of the molecule is CN1CCC(Nc2ncc(CN)s2)CC1. The first-order chi connectivity index (χ1) is 7.28. The van der Waals surface area contributed by atoms with Crippen LogP contribution in [0.5, 0.6) is 0 Å². The van der Waals surface area contributed by atoms with Gasteiger partial charge in [0.25, 0.3) is 0 Å². The van der Waals surface area contributed by atoms with Crippen molar-refractivity contribution in [3.8, 4) is 0 Å². The van der Waals surface area contributed by atoms with Crippen molar-refractivity contribution in [1.29, 1.82) is 0 Å². The van der Waals surface area contributed by atoms with E-state index in [4.69, 9.17) is 5.73 Å². The molecular formula is C10H18N4S. The lowest BCUT2D eigenvalue weighted by Crippen LogP contribution is -2.36. The van der Waals surface area contributed by atoms with E-state index in [1.165, 1.54) is 25.9 Å². The predicted octanol–water partition coefficient (Wildman–Crippen LogP) is 1.11. The zero-order valence-electron chi connectivity index (χ0n) is 9.07. The molecule has 5 heteroatoms. The molecule has 1 aliphatic rings. The minimum absolute atomic E-state index is 0.581. The van der Waals surface area contributed by atoms with Crippen LogP contribution in [0.1, 0.15) is 17.7 Å². The lowest BCUT2D eigenvalue weighted by molar-refractivity contribution is 0.264. The standard InChI is InChI=1S/C10H18N4S/c1-14-4-2-8(3-5-14)13-10-12-7-9(6-11)15-10/h7-8H,2-6,11H2,1H3,(H,12,13). The van der Waals surface area contributed by atoms with Crippen LogP contribution in [0.25, 0.3) is 0 Å². The molecule has 0 aliphatic carbocycles. The van der Waals surface area contributed by atoms with Crippen LogP contribution >= 0.6 is 11.3 Å². The fraction of sp³-hybridized carbons (Fsp3) is 0.700. The van der Waals surface area contributed by atoms with Crippen LogP contribution in [0.4, 0.5) is 5.13 Å². The maximum absolute atomic E-state index is 5.55. The lowest BCUT2D eigenvalue weighted by Gasteiger charge is -2.29. The third-order valence-electron chi connectivity index (χ3n) is 2.80. The fourth-order valence-electron chi connectivity index (χ4n) is 1.80. The van der Waals surface area contributed by atoms with E-state index in [0.717, 1.165) is 10.0 Å². The third-order valence-corrected chi connectivity index (χ3v) is 3.75. The number of piperidine rings is 1. The molecule has 0 amide bonds. The Kier molecular flexibility index (Phi) is 3.56. The Morgan fingerprint density at radius 1 is 1.60 bits per heavy atom. The number of nitrogens with zero attached hydrogens (tertiary/aromatic N) is 2. The summed E-state index contributed by atoms with van der Waals surface area (Å²) in [4.78, 5) is 7.82. The first kappa shape index (κ1) is 10.9. The van der Waals surface area contributed by atoms with Crippen LogP contribution in [-0.4, -0.2) is 36.1 Å². The number of nitrogens with one attached hydrogen (secondary N) is 1. The summed E-state index contributed by atoms with van der Waals surface area (Å²) in [5.74, 6) is 0. The average Bonchev–Trinajstić information content (AvgIpc) is 2.69. The second kappa shape index (κ2) is 4.92. The molecule has 1 saturated heterocycles. The molecule has 0 aromatic carbocycles. The van der Waals surface area contributed by atoms with E-state index in [2.05, 4.69) is 22.2 Å². The number of hydrogen-bond donors (Lipinski definition) is 2. The monoisotopic (exact) mass is 226 g/mol. The smallest absolute Gasteiger partial charge is 0.183 e. The maximum atomic E-state index is 5.55. The third kappa shape index (κ3) is 2.90. The largest absolute Gasteiger partial charge is 0.359 e. The zero-order chi connectivity index (χ0) is 10.7. The molecule has 1 aromatic rings. The first-order valence-electron chi connectivity index (χ1n) is 5.38. The summed E-state index contributed by atoms with van der Waals surface area (Å²) in [6, 6.07) is 0.581. The van der Waals surface area contributed by atoms with Gasteiger partial charge in [0.15, 0.2) is 5.13 Å². The van der Waals surface area contributed by atoms with Crippen molar-refractivity contribution in [2.24, 2.45) is 5.73 Å². The van der Waals surface area contributed by atoms with Gasteiger partial charge < -0.3 is 16.0 Å². The van der Waals surface area contributed by atoms with Crippen LogP contribution < -0.4 is 11.1 Å². The molecule has 0 bridgehead atoms. The molecule has 0 radical (unpaired) electrons. The Balaban J connectivity index is 1.86. The molecule has 2 rings (SSSR count). The summed E-state index contributed by atoms with van der Waals surface area (Å²) >= 11 is 1.67. The normalized spacial score (nSPS) is 19.3. The molecule has 84 valence electrons. The van der Waals surface area contributed by atoms with Gasteiger partial charge in [0, 0.05) is 23.7 Å². The van der Waals surface area contributed by atoms with Gasteiger partial charge in [-0.05, 0) is 33.0 Å². The van der Waals surface area contributed by atoms with E-state index >= 15 is 0 Å². The molecule has 3 N–H and O–H groups in total. The van der Waals surface area contributed by atoms with E-state index in [1.807, 2.05) is 6.20 Å². The van der Waals surface area contributed by atoms with Crippen LogP contribution in [-0.2, 0) is 6.54 Å². The Bertz CT molecular complexity index is 304. The molecule has 15 heavy (non-hydrogen) atoms. The summed E-state index contributed by atoms with van der Waals surface area (Å²) in [7, 11) is 2.17. The summed E-state index contributed by atoms with van der Waals surface area (Å²) < 4.78 is 0. The number of rotatable bonds is 3. The van der Waals surface area contributed by atoms with Crippen LogP contribution in [0, 0.1) is 0 Å². The summed E-state index contributed by atoms with van der Waals surface area (Å²) in [5.41, 5.74) is 5.55. The van der Waals surface area contributed by atoms with Crippen molar-refractivity contribution in [1.82, 2.24) is 9.88 Å². The maximum Gasteiger partial charge on any atom is 0.183 e. The molecule has 4 nitrogen and oxygen atoms in total. The van der Waals surface area contributed by atoms with E-state index in [0.29, 0.717) is 12.6 Å². The quantitative estimate of drug-likeness (QED) is 0.810. The zero-order valence-corrected chi connectivity index (χ0v) is 9.89. The van der Waals surface area contributed by atoms with Crippen molar-refractivity contribution in [3.05, 3.63) is 11.1 Å². The Hall–Kier alpha value is -0.650. The predicted molar refractivity (Wildman–Crippen MR) is 64.1 cm³/mol. The van der Waals surface area contributed by atoms with E-state index in [1.54, 1.807) is 11.3 Å². The Morgan fingerprint density at radius 2 is 2.33 bits per heavy atom. The highest BCUT2D eigenvalue weighted by atomic mass is 32.1. The Morgan fingerprint density at radius 3 is 2.93 bits per heavy atom. The van der Waals surface area contributed by atoms with Crippen LogP contribution in [0.3, 0.4) is 0 Å². The summed E-state index contributed by atoms with van der Waals surface area (Å²) in [5, 5.41) is 4.50. The highest BCUT2D eigenvalue weighted by Gasteiger charge is 2.17.